The highest BCUT2D eigenvalue weighted by Crippen LogP contribution is 2.17. The second-order valence-electron chi connectivity index (χ2n) is 6.23. The van der Waals surface area contributed by atoms with E-state index in [1.165, 1.54) is 18.2 Å². The molecule has 4 nitrogen and oxygen atoms in total. The van der Waals surface area contributed by atoms with Crippen LogP contribution in [0.4, 0.5) is 8.78 Å². The Kier molecular flexibility index (Phi) is 4.05. The molecule has 0 radical (unpaired) electrons. The minimum absolute atomic E-state index is 0.0560. The van der Waals surface area contributed by atoms with Gasteiger partial charge in [0.15, 0.2) is 0 Å². The summed E-state index contributed by atoms with van der Waals surface area (Å²) in [5.41, 5.74) is 0.700. The van der Waals surface area contributed by atoms with Crippen molar-refractivity contribution in [3.63, 3.8) is 0 Å². The van der Waals surface area contributed by atoms with Crippen LogP contribution in [0.15, 0.2) is 47.3 Å². The van der Waals surface area contributed by atoms with Crippen LogP contribution in [-0.2, 0) is 19.5 Å². The van der Waals surface area contributed by atoms with Gasteiger partial charge in [-0.2, -0.15) is 0 Å². The number of nitrogens with zero attached hydrogens (tertiary/aromatic N) is 3. The van der Waals surface area contributed by atoms with Gasteiger partial charge >= 0.3 is 0 Å². The maximum absolute atomic E-state index is 13.9. The molecule has 128 valence electrons. The van der Waals surface area contributed by atoms with Crippen molar-refractivity contribution in [3.05, 3.63) is 75.8 Å². The molecule has 1 aliphatic rings. The second-order valence-corrected chi connectivity index (χ2v) is 6.23. The predicted molar refractivity (Wildman–Crippen MR) is 91.3 cm³/mol. The van der Waals surface area contributed by atoms with Crippen molar-refractivity contribution in [3.8, 4) is 0 Å². The SMILES string of the molecule is O=c1c2ccccc2nc2n1CCN(Cc1c(F)cccc1F)CC2. The van der Waals surface area contributed by atoms with Crippen LogP contribution in [0, 0.1) is 11.6 Å². The molecule has 25 heavy (non-hydrogen) atoms. The van der Waals surface area contributed by atoms with Crippen LogP contribution in [0.2, 0.25) is 0 Å². The Hall–Kier alpha value is -2.60. The lowest BCUT2D eigenvalue weighted by Crippen LogP contribution is -2.29. The van der Waals surface area contributed by atoms with E-state index in [2.05, 4.69) is 4.98 Å². The van der Waals surface area contributed by atoms with Crippen LogP contribution in [0.3, 0.4) is 0 Å². The highest BCUT2D eigenvalue weighted by Gasteiger charge is 2.19. The van der Waals surface area contributed by atoms with Crippen LogP contribution in [0.1, 0.15) is 11.4 Å². The maximum atomic E-state index is 13.9. The number of hydrogen-bond acceptors (Lipinski definition) is 3. The lowest BCUT2D eigenvalue weighted by Gasteiger charge is -2.20. The van der Waals surface area contributed by atoms with E-state index < -0.39 is 11.6 Å². The summed E-state index contributed by atoms with van der Waals surface area (Å²) >= 11 is 0. The number of fused-ring (bicyclic) bond motifs is 2. The molecule has 0 bridgehead atoms. The van der Waals surface area contributed by atoms with Gasteiger partial charge in [0.05, 0.1) is 10.9 Å². The molecule has 3 aromatic rings. The van der Waals surface area contributed by atoms with E-state index in [4.69, 9.17) is 0 Å². The summed E-state index contributed by atoms with van der Waals surface area (Å²) in [4.78, 5) is 19.2. The normalized spacial score (nSPS) is 15.1. The van der Waals surface area contributed by atoms with E-state index in [-0.39, 0.29) is 17.7 Å². The Morgan fingerprint density at radius 1 is 0.960 bits per heavy atom. The minimum Gasteiger partial charge on any atom is -0.297 e. The van der Waals surface area contributed by atoms with Gasteiger partial charge in [0.25, 0.3) is 5.56 Å². The third-order valence-electron chi connectivity index (χ3n) is 4.68. The molecule has 0 saturated carbocycles. The lowest BCUT2D eigenvalue weighted by atomic mass is 10.2. The summed E-state index contributed by atoms with van der Waals surface area (Å²) in [5.74, 6) is -0.356. The molecule has 2 heterocycles. The van der Waals surface area contributed by atoms with Gasteiger partial charge in [-0.3, -0.25) is 14.3 Å². The Labute approximate surface area is 143 Å². The highest BCUT2D eigenvalue weighted by molar-refractivity contribution is 5.77. The number of aromatic nitrogens is 2. The van der Waals surface area contributed by atoms with Crippen molar-refractivity contribution in [2.45, 2.75) is 19.5 Å². The summed E-state index contributed by atoms with van der Waals surface area (Å²) in [6, 6.07) is 11.2. The van der Waals surface area contributed by atoms with Crippen molar-refractivity contribution >= 4 is 10.9 Å². The molecular formula is C19H17F2N3O. The van der Waals surface area contributed by atoms with E-state index in [1.54, 1.807) is 10.6 Å². The molecule has 0 spiro atoms. The largest absolute Gasteiger partial charge is 0.297 e. The van der Waals surface area contributed by atoms with Gasteiger partial charge in [0.1, 0.15) is 17.5 Å². The first kappa shape index (κ1) is 15.9. The molecular weight excluding hydrogens is 324 g/mol. The molecule has 0 saturated heterocycles. The van der Waals surface area contributed by atoms with Gasteiger partial charge in [0, 0.05) is 38.2 Å². The van der Waals surface area contributed by atoms with Gasteiger partial charge in [0.2, 0.25) is 0 Å². The molecule has 0 unspecified atom stereocenters. The summed E-state index contributed by atoms with van der Waals surface area (Å²) in [6.07, 6.45) is 0.566. The first-order valence-corrected chi connectivity index (χ1v) is 8.27. The van der Waals surface area contributed by atoms with Gasteiger partial charge in [-0.05, 0) is 24.3 Å². The summed E-state index contributed by atoms with van der Waals surface area (Å²) in [7, 11) is 0. The third kappa shape index (κ3) is 2.93. The first-order valence-electron chi connectivity index (χ1n) is 8.27. The predicted octanol–water partition coefficient (Wildman–Crippen LogP) is 2.73. The van der Waals surface area contributed by atoms with Gasteiger partial charge < -0.3 is 0 Å². The van der Waals surface area contributed by atoms with Crippen molar-refractivity contribution in [1.82, 2.24) is 14.5 Å². The van der Waals surface area contributed by atoms with Crippen molar-refractivity contribution in [2.24, 2.45) is 0 Å². The topological polar surface area (TPSA) is 38.1 Å². The van der Waals surface area contributed by atoms with Crippen molar-refractivity contribution in [1.29, 1.82) is 0 Å². The monoisotopic (exact) mass is 341 g/mol. The fraction of sp³-hybridized carbons (Fsp3) is 0.263. The zero-order chi connectivity index (χ0) is 17.4. The maximum Gasteiger partial charge on any atom is 0.261 e. The Morgan fingerprint density at radius 2 is 1.72 bits per heavy atom. The molecule has 1 aromatic heterocycles. The summed E-state index contributed by atoms with van der Waals surface area (Å²) < 4.78 is 29.5. The van der Waals surface area contributed by atoms with Gasteiger partial charge in [-0.15, -0.1) is 0 Å². The van der Waals surface area contributed by atoms with Crippen LogP contribution >= 0.6 is 0 Å². The fourth-order valence-corrected chi connectivity index (χ4v) is 3.31. The quantitative estimate of drug-likeness (QED) is 0.719. The second kappa shape index (κ2) is 6.37. The van der Waals surface area contributed by atoms with Crippen LogP contribution in [0.5, 0.6) is 0 Å². The Bertz CT molecular complexity index is 979. The Balaban J connectivity index is 1.63. The smallest absolute Gasteiger partial charge is 0.261 e. The first-order chi connectivity index (χ1) is 12.1. The third-order valence-corrected chi connectivity index (χ3v) is 4.68. The highest BCUT2D eigenvalue weighted by atomic mass is 19.1. The van der Waals surface area contributed by atoms with Crippen molar-refractivity contribution < 1.29 is 8.78 Å². The van der Waals surface area contributed by atoms with Gasteiger partial charge in [-0.25, -0.2) is 13.8 Å². The fourth-order valence-electron chi connectivity index (χ4n) is 3.31. The molecule has 0 fully saturated rings. The number of para-hydroxylation sites is 1. The van der Waals surface area contributed by atoms with E-state index in [0.29, 0.717) is 37.0 Å². The minimum atomic E-state index is -0.539. The van der Waals surface area contributed by atoms with Crippen LogP contribution in [-0.4, -0.2) is 27.5 Å². The van der Waals surface area contributed by atoms with Crippen molar-refractivity contribution in [2.75, 3.05) is 13.1 Å². The molecule has 4 rings (SSSR count). The van der Waals surface area contributed by atoms with Crippen LogP contribution in [0.25, 0.3) is 10.9 Å². The molecule has 0 N–H and O–H groups in total. The van der Waals surface area contributed by atoms with Crippen LogP contribution < -0.4 is 5.56 Å². The number of halogens is 2. The summed E-state index contributed by atoms with van der Waals surface area (Å²) in [5, 5.41) is 0.597. The van der Waals surface area contributed by atoms with Gasteiger partial charge in [-0.1, -0.05) is 18.2 Å². The Morgan fingerprint density at radius 3 is 2.52 bits per heavy atom. The van der Waals surface area contributed by atoms with E-state index >= 15 is 0 Å². The number of rotatable bonds is 2. The zero-order valence-corrected chi connectivity index (χ0v) is 13.6. The average Bonchev–Trinajstić information content (AvgIpc) is 2.81. The van der Waals surface area contributed by atoms with E-state index in [9.17, 15) is 13.6 Å². The summed E-state index contributed by atoms with van der Waals surface area (Å²) in [6.45, 7) is 1.78. The van der Waals surface area contributed by atoms with E-state index in [1.807, 2.05) is 23.1 Å². The average molecular weight is 341 g/mol. The molecule has 1 aliphatic heterocycles. The zero-order valence-electron chi connectivity index (χ0n) is 13.6. The molecule has 0 aliphatic carbocycles. The number of hydrogen-bond donors (Lipinski definition) is 0. The lowest BCUT2D eigenvalue weighted by molar-refractivity contribution is 0.263. The molecule has 6 heteroatoms. The molecule has 2 aromatic carbocycles. The standard InChI is InChI=1S/C19H17F2N3O/c20-15-5-3-6-16(21)14(15)12-23-9-8-18-22-17-7-2-1-4-13(17)19(25)24(18)11-10-23/h1-7H,8-12H2. The number of benzene rings is 2. The molecule has 0 atom stereocenters. The van der Waals surface area contributed by atoms with E-state index in [0.717, 1.165) is 5.82 Å². The molecule has 0 amide bonds.